The standard InChI is InChI=1S/C12H13ClN2O/c1-9-7-15(2)12(14-9)8-16-11-5-3-4-10(13)6-11/h3-7H,8H2,1-2H3. The van der Waals surface area contributed by atoms with Gasteiger partial charge in [0, 0.05) is 18.3 Å². The lowest BCUT2D eigenvalue weighted by atomic mass is 10.3. The van der Waals surface area contributed by atoms with Gasteiger partial charge in [-0.15, -0.1) is 0 Å². The number of hydrogen-bond acceptors (Lipinski definition) is 2. The number of rotatable bonds is 3. The number of imidazole rings is 1. The van der Waals surface area contributed by atoms with Gasteiger partial charge in [0.1, 0.15) is 18.2 Å². The molecule has 0 spiro atoms. The Morgan fingerprint density at radius 3 is 2.88 bits per heavy atom. The van der Waals surface area contributed by atoms with E-state index in [1.165, 1.54) is 0 Å². The van der Waals surface area contributed by atoms with Gasteiger partial charge in [0.2, 0.25) is 0 Å². The quantitative estimate of drug-likeness (QED) is 0.819. The van der Waals surface area contributed by atoms with Crippen LogP contribution >= 0.6 is 11.6 Å². The van der Waals surface area contributed by atoms with E-state index in [2.05, 4.69) is 4.98 Å². The van der Waals surface area contributed by atoms with E-state index in [1.54, 1.807) is 6.07 Å². The van der Waals surface area contributed by atoms with Crippen LogP contribution in [0.2, 0.25) is 5.02 Å². The number of halogens is 1. The normalized spacial score (nSPS) is 10.4. The first-order valence-corrected chi connectivity index (χ1v) is 5.40. The summed E-state index contributed by atoms with van der Waals surface area (Å²) >= 11 is 5.86. The summed E-state index contributed by atoms with van der Waals surface area (Å²) in [5, 5.41) is 0.675. The minimum atomic E-state index is 0.449. The van der Waals surface area contributed by atoms with Crippen LogP contribution in [0.1, 0.15) is 11.5 Å². The number of aryl methyl sites for hydroxylation is 2. The van der Waals surface area contributed by atoms with Crippen molar-refractivity contribution in [3.63, 3.8) is 0 Å². The first kappa shape index (κ1) is 11.0. The minimum Gasteiger partial charge on any atom is -0.486 e. The summed E-state index contributed by atoms with van der Waals surface area (Å²) in [7, 11) is 1.96. The first-order chi connectivity index (χ1) is 7.65. The van der Waals surface area contributed by atoms with Crippen LogP contribution in [0.4, 0.5) is 0 Å². The molecular weight excluding hydrogens is 224 g/mol. The summed E-state index contributed by atoms with van der Waals surface area (Å²) in [5.74, 6) is 1.66. The lowest BCUT2D eigenvalue weighted by Crippen LogP contribution is -2.02. The van der Waals surface area contributed by atoms with Crippen molar-refractivity contribution in [3.05, 3.63) is 47.0 Å². The predicted octanol–water partition coefficient (Wildman–Crippen LogP) is 2.96. The highest BCUT2D eigenvalue weighted by atomic mass is 35.5. The van der Waals surface area contributed by atoms with Crippen LogP contribution in [-0.2, 0) is 13.7 Å². The van der Waals surface area contributed by atoms with Crippen molar-refractivity contribution in [2.45, 2.75) is 13.5 Å². The average Bonchev–Trinajstić information content (AvgIpc) is 2.54. The van der Waals surface area contributed by atoms with Crippen molar-refractivity contribution in [1.82, 2.24) is 9.55 Å². The van der Waals surface area contributed by atoms with Crippen molar-refractivity contribution in [3.8, 4) is 5.75 Å². The molecule has 0 saturated carbocycles. The van der Waals surface area contributed by atoms with E-state index in [4.69, 9.17) is 16.3 Å². The van der Waals surface area contributed by atoms with E-state index < -0.39 is 0 Å². The topological polar surface area (TPSA) is 27.1 Å². The molecule has 84 valence electrons. The highest BCUT2D eigenvalue weighted by Gasteiger charge is 2.03. The number of aromatic nitrogens is 2. The van der Waals surface area contributed by atoms with E-state index in [9.17, 15) is 0 Å². The molecule has 1 aromatic carbocycles. The van der Waals surface area contributed by atoms with Gasteiger partial charge >= 0.3 is 0 Å². The van der Waals surface area contributed by atoms with Gasteiger partial charge in [0.25, 0.3) is 0 Å². The SMILES string of the molecule is Cc1cn(C)c(COc2cccc(Cl)c2)n1. The van der Waals surface area contributed by atoms with Gasteiger partial charge in [0.05, 0.1) is 5.69 Å². The van der Waals surface area contributed by atoms with Gasteiger partial charge in [-0.2, -0.15) is 0 Å². The van der Waals surface area contributed by atoms with Crippen molar-refractivity contribution >= 4 is 11.6 Å². The van der Waals surface area contributed by atoms with E-state index >= 15 is 0 Å². The Balaban J connectivity index is 2.05. The third-order valence-corrected chi connectivity index (χ3v) is 2.49. The summed E-state index contributed by atoms with van der Waals surface area (Å²) in [6, 6.07) is 7.35. The summed E-state index contributed by atoms with van der Waals surface area (Å²) < 4.78 is 7.56. The molecule has 0 saturated heterocycles. The molecule has 0 radical (unpaired) electrons. The largest absolute Gasteiger partial charge is 0.486 e. The molecule has 0 unspecified atom stereocenters. The first-order valence-electron chi connectivity index (χ1n) is 5.02. The fourth-order valence-electron chi connectivity index (χ4n) is 1.50. The maximum atomic E-state index is 5.86. The van der Waals surface area contributed by atoms with Crippen LogP contribution in [0.3, 0.4) is 0 Å². The number of nitrogens with zero attached hydrogens (tertiary/aromatic N) is 2. The molecule has 1 aromatic heterocycles. The van der Waals surface area contributed by atoms with Gasteiger partial charge in [0.15, 0.2) is 0 Å². The van der Waals surface area contributed by atoms with Crippen LogP contribution in [0.15, 0.2) is 30.5 Å². The average molecular weight is 237 g/mol. The molecule has 3 nitrogen and oxygen atoms in total. The van der Waals surface area contributed by atoms with Gasteiger partial charge < -0.3 is 9.30 Å². The lowest BCUT2D eigenvalue weighted by molar-refractivity contribution is 0.292. The summed E-state index contributed by atoms with van der Waals surface area (Å²) in [5.41, 5.74) is 0.993. The third kappa shape index (κ3) is 2.55. The number of benzene rings is 1. The molecule has 0 bridgehead atoms. The monoisotopic (exact) mass is 236 g/mol. The van der Waals surface area contributed by atoms with Crippen LogP contribution in [0.5, 0.6) is 5.75 Å². The zero-order chi connectivity index (χ0) is 11.5. The second-order valence-electron chi connectivity index (χ2n) is 3.66. The predicted molar refractivity (Wildman–Crippen MR) is 63.7 cm³/mol. The lowest BCUT2D eigenvalue weighted by Gasteiger charge is -2.05. The Morgan fingerprint density at radius 1 is 1.44 bits per heavy atom. The molecule has 0 amide bonds. The zero-order valence-corrected chi connectivity index (χ0v) is 10.0. The van der Waals surface area contributed by atoms with Crippen LogP contribution in [0.25, 0.3) is 0 Å². The highest BCUT2D eigenvalue weighted by molar-refractivity contribution is 6.30. The number of ether oxygens (including phenoxy) is 1. The maximum absolute atomic E-state index is 5.86. The zero-order valence-electron chi connectivity index (χ0n) is 9.27. The molecule has 0 aliphatic heterocycles. The van der Waals surface area contributed by atoms with Crippen molar-refractivity contribution in [2.24, 2.45) is 7.05 Å². The third-order valence-electron chi connectivity index (χ3n) is 2.26. The van der Waals surface area contributed by atoms with Gasteiger partial charge in [-0.25, -0.2) is 4.98 Å². The second kappa shape index (κ2) is 4.58. The minimum absolute atomic E-state index is 0.449. The van der Waals surface area contributed by atoms with Crippen LogP contribution < -0.4 is 4.74 Å². The number of hydrogen-bond donors (Lipinski definition) is 0. The van der Waals surface area contributed by atoms with Gasteiger partial charge in [-0.05, 0) is 25.1 Å². The molecule has 2 aromatic rings. The molecular formula is C12H13ClN2O. The van der Waals surface area contributed by atoms with Crippen LogP contribution in [0, 0.1) is 6.92 Å². The summed E-state index contributed by atoms with van der Waals surface area (Å²) in [4.78, 5) is 4.35. The van der Waals surface area contributed by atoms with Crippen molar-refractivity contribution in [1.29, 1.82) is 0 Å². The molecule has 0 N–H and O–H groups in total. The van der Waals surface area contributed by atoms with Crippen molar-refractivity contribution in [2.75, 3.05) is 0 Å². The molecule has 0 fully saturated rings. The Kier molecular flexibility index (Phi) is 3.15. The van der Waals surface area contributed by atoms with E-state index in [1.807, 2.05) is 42.9 Å². The Labute approximate surface area is 99.6 Å². The smallest absolute Gasteiger partial charge is 0.146 e. The molecule has 1 heterocycles. The Morgan fingerprint density at radius 2 is 2.25 bits per heavy atom. The molecule has 2 rings (SSSR count). The van der Waals surface area contributed by atoms with Crippen LogP contribution in [-0.4, -0.2) is 9.55 Å². The van der Waals surface area contributed by atoms with Gasteiger partial charge in [-0.1, -0.05) is 17.7 Å². The molecule has 0 aliphatic rings. The second-order valence-corrected chi connectivity index (χ2v) is 4.09. The van der Waals surface area contributed by atoms with Crippen molar-refractivity contribution < 1.29 is 4.74 Å². The summed E-state index contributed by atoms with van der Waals surface area (Å²) in [6.07, 6.45) is 1.97. The summed E-state index contributed by atoms with van der Waals surface area (Å²) in [6.45, 7) is 2.41. The molecule has 0 atom stereocenters. The molecule has 4 heteroatoms. The van der Waals surface area contributed by atoms with E-state index in [0.717, 1.165) is 17.3 Å². The fourth-order valence-corrected chi connectivity index (χ4v) is 1.69. The Hall–Kier alpha value is -1.48. The molecule has 0 aliphatic carbocycles. The van der Waals surface area contributed by atoms with E-state index in [0.29, 0.717) is 11.6 Å². The van der Waals surface area contributed by atoms with E-state index in [-0.39, 0.29) is 0 Å². The molecule has 16 heavy (non-hydrogen) atoms. The maximum Gasteiger partial charge on any atom is 0.146 e. The highest BCUT2D eigenvalue weighted by Crippen LogP contribution is 2.18. The fraction of sp³-hybridized carbons (Fsp3) is 0.250. The Bertz CT molecular complexity index is 494. The van der Waals surface area contributed by atoms with Gasteiger partial charge in [-0.3, -0.25) is 0 Å².